The van der Waals surface area contributed by atoms with E-state index in [1.54, 1.807) is 11.6 Å². The van der Waals surface area contributed by atoms with E-state index in [0.717, 1.165) is 11.1 Å². The zero-order valence-corrected chi connectivity index (χ0v) is 15.8. The summed E-state index contributed by atoms with van der Waals surface area (Å²) in [5, 5.41) is 10.4. The van der Waals surface area contributed by atoms with Crippen molar-refractivity contribution in [2.75, 3.05) is 11.2 Å². The van der Waals surface area contributed by atoms with Gasteiger partial charge in [0.05, 0.1) is 6.21 Å². The molecule has 0 radical (unpaired) electrons. The molecule has 2 aromatic carbocycles. The highest BCUT2D eigenvalue weighted by Gasteiger charge is 2.09. The van der Waals surface area contributed by atoms with Gasteiger partial charge in [-0.3, -0.25) is 5.43 Å². The minimum atomic E-state index is -0.324. The highest BCUT2D eigenvalue weighted by molar-refractivity contribution is 7.14. The minimum Gasteiger partial charge on any atom is -0.484 e. The van der Waals surface area contributed by atoms with Crippen LogP contribution in [-0.4, -0.2) is 21.3 Å². The zero-order chi connectivity index (χ0) is 20.1. The molecule has 0 bridgehead atoms. The maximum absolute atomic E-state index is 12.9. The van der Waals surface area contributed by atoms with Crippen molar-refractivity contribution >= 4 is 28.5 Å². The Morgan fingerprint density at radius 3 is 2.66 bits per heavy atom. The maximum Gasteiger partial charge on any atom is 0.264 e. The molecule has 3 N–H and O–H groups in total. The van der Waals surface area contributed by atoms with Crippen molar-refractivity contribution < 1.29 is 13.7 Å². The number of nitrogen functional groups attached to an aromatic ring is 1. The second kappa shape index (κ2) is 8.48. The van der Waals surface area contributed by atoms with Crippen molar-refractivity contribution in [1.82, 2.24) is 15.1 Å². The fourth-order valence-corrected chi connectivity index (χ4v) is 2.87. The van der Waals surface area contributed by atoms with Crippen LogP contribution >= 0.6 is 11.3 Å². The lowest BCUT2D eigenvalue weighted by Gasteiger charge is -2.01. The summed E-state index contributed by atoms with van der Waals surface area (Å²) in [5.74, 6) is 1.42. The fraction of sp³-hybridized carbons (Fsp3) is 0.0526. The Balaban J connectivity index is 1.34. The van der Waals surface area contributed by atoms with Crippen LogP contribution in [0.2, 0.25) is 0 Å². The van der Waals surface area contributed by atoms with E-state index in [0.29, 0.717) is 28.4 Å². The number of hydrazone groups is 1. The third-order valence-corrected chi connectivity index (χ3v) is 4.47. The van der Waals surface area contributed by atoms with Crippen LogP contribution in [0.1, 0.15) is 11.5 Å². The number of ether oxygens (including phenoxy) is 1. The predicted molar refractivity (Wildman–Crippen MR) is 108 cm³/mol. The standard InChI is InChI=1S/C19H15FN6O2S/c20-14-5-7-15(8-6-14)27-10-17-24-18(26-28-17)13-3-1-12(2-4-13)9-22-25-19-23-16(21)11-29-19/h1-9,11H,10,21H2,(H,23,25). The van der Waals surface area contributed by atoms with E-state index in [2.05, 4.69) is 25.7 Å². The Kier molecular flexibility index (Phi) is 5.43. The first-order valence-electron chi connectivity index (χ1n) is 8.47. The van der Waals surface area contributed by atoms with E-state index in [9.17, 15) is 4.39 Å². The average molecular weight is 410 g/mol. The minimum absolute atomic E-state index is 0.0936. The van der Waals surface area contributed by atoms with Crippen molar-refractivity contribution in [3.05, 3.63) is 71.2 Å². The highest BCUT2D eigenvalue weighted by Crippen LogP contribution is 2.18. The van der Waals surface area contributed by atoms with E-state index in [-0.39, 0.29) is 12.4 Å². The Hall–Kier alpha value is -3.79. The van der Waals surface area contributed by atoms with Gasteiger partial charge in [-0.15, -0.1) is 11.3 Å². The van der Waals surface area contributed by atoms with Gasteiger partial charge in [-0.05, 0) is 29.8 Å². The molecule has 0 aliphatic heterocycles. The van der Waals surface area contributed by atoms with E-state index in [1.807, 2.05) is 24.3 Å². The number of anilines is 2. The maximum atomic E-state index is 12.9. The molecular weight excluding hydrogens is 395 g/mol. The molecule has 2 aromatic heterocycles. The van der Waals surface area contributed by atoms with E-state index in [1.165, 1.54) is 35.6 Å². The fourth-order valence-electron chi connectivity index (χ4n) is 2.32. The summed E-state index contributed by atoms with van der Waals surface area (Å²) in [4.78, 5) is 8.36. The third kappa shape index (κ3) is 4.93. The molecular formula is C19H15FN6O2S. The first-order chi connectivity index (χ1) is 14.2. The topological polar surface area (TPSA) is 111 Å². The average Bonchev–Trinajstić information content (AvgIpc) is 3.37. The molecule has 29 heavy (non-hydrogen) atoms. The normalized spacial score (nSPS) is 11.1. The molecule has 10 heteroatoms. The number of halogens is 1. The van der Waals surface area contributed by atoms with Crippen LogP contribution < -0.4 is 15.9 Å². The molecule has 0 amide bonds. The van der Waals surface area contributed by atoms with Crippen molar-refractivity contribution in [1.29, 1.82) is 0 Å². The first kappa shape index (κ1) is 18.6. The number of thiazole rings is 1. The summed E-state index contributed by atoms with van der Waals surface area (Å²) >= 11 is 1.37. The second-order valence-electron chi connectivity index (χ2n) is 5.82. The molecule has 0 fully saturated rings. The van der Waals surface area contributed by atoms with Gasteiger partial charge in [0.25, 0.3) is 5.89 Å². The SMILES string of the molecule is Nc1csc(NN=Cc2ccc(-c3noc(COc4ccc(F)cc4)n3)cc2)n1. The number of hydrogen-bond donors (Lipinski definition) is 2. The quantitative estimate of drug-likeness (QED) is 0.351. The van der Waals surface area contributed by atoms with Crippen molar-refractivity contribution in [3.63, 3.8) is 0 Å². The van der Waals surface area contributed by atoms with E-state index < -0.39 is 0 Å². The summed E-state index contributed by atoms with van der Waals surface area (Å²) in [6.07, 6.45) is 1.67. The first-order valence-corrected chi connectivity index (χ1v) is 9.35. The number of aromatic nitrogens is 3. The Morgan fingerprint density at radius 1 is 1.14 bits per heavy atom. The molecule has 4 aromatic rings. The molecule has 0 unspecified atom stereocenters. The summed E-state index contributed by atoms with van der Waals surface area (Å²) in [5.41, 5.74) is 10.0. The van der Waals surface area contributed by atoms with Crippen molar-refractivity contribution in [3.8, 4) is 17.1 Å². The van der Waals surface area contributed by atoms with Crippen molar-refractivity contribution in [2.24, 2.45) is 5.10 Å². The van der Waals surface area contributed by atoms with Crippen LogP contribution in [-0.2, 0) is 6.61 Å². The number of benzene rings is 2. The van der Waals surface area contributed by atoms with Crippen LogP contribution in [0.3, 0.4) is 0 Å². The largest absolute Gasteiger partial charge is 0.484 e. The van der Waals surface area contributed by atoms with E-state index in [4.69, 9.17) is 15.0 Å². The Bertz CT molecular complexity index is 1110. The summed E-state index contributed by atoms with van der Waals surface area (Å²) < 4.78 is 23.6. The van der Waals surface area contributed by atoms with E-state index >= 15 is 0 Å². The Morgan fingerprint density at radius 2 is 1.93 bits per heavy atom. The molecule has 0 atom stereocenters. The van der Waals surface area contributed by atoms with Gasteiger partial charge in [0, 0.05) is 10.9 Å². The van der Waals surface area contributed by atoms with Crippen LogP contribution in [0.5, 0.6) is 5.75 Å². The summed E-state index contributed by atoms with van der Waals surface area (Å²) in [6.45, 7) is 0.0936. The third-order valence-electron chi connectivity index (χ3n) is 3.71. The summed E-state index contributed by atoms with van der Waals surface area (Å²) in [6, 6.07) is 13.2. The highest BCUT2D eigenvalue weighted by atomic mass is 32.1. The molecule has 8 nitrogen and oxygen atoms in total. The van der Waals surface area contributed by atoms with Gasteiger partial charge in [-0.1, -0.05) is 29.4 Å². The zero-order valence-electron chi connectivity index (χ0n) is 14.9. The number of rotatable bonds is 7. The van der Waals surface area contributed by atoms with Gasteiger partial charge >= 0.3 is 0 Å². The number of nitrogens with one attached hydrogen (secondary N) is 1. The van der Waals surface area contributed by atoms with Crippen LogP contribution in [0.15, 0.2) is 63.5 Å². The predicted octanol–water partition coefficient (Wildman–Crippen LogP) is 3.94. The van der Waals surface area contributed by atoms with Crippen molar-refractivity contribution in [2.45, 2.75) is 6.61 Å². The van der Waals surface area contributed by atoms with Gasteiger partial charge in [0.1, 0.15) is 17.4 Å². The molecule has 0 spiro atoms. The molecule has 0 saturated carbocycles. The number of hydrogen-bond acceptors (Lipinski definition) is 9. The number of nitrogens with two attached hydrogens (primary N) is 1. The van der Waals surface area contributed by atoms with Crippen LogP contribution in [0, 0.1) is 5.82 Å². The molecule has 0 aliphatic rings. The lowest BCUT2D eigenvalue weighted by molar-refractivity contribution is 0.242. The second-order valence-corrected chi connectivity index (χ2v) is 6.68. The van der Waals surface area contributed by atoms with Crippen LogP contribution in [0.25, 0.3) is 11.4 Å². The molecule has 2 heterocycles. The lowest BCUT2D eigenvalue weighted by atomic mass is 10.1. The van der Waals surface area contributed by atoms with Gasteiger partial charge in [-0.2, -0.15) is 10.1 Å². The van der Waals surface area contributed by atoms with Gasteiger partial charge < -0.3 is 15.0 Å². The Labute approximate surface area is 168 Å². The van der Waals surface area contributed by atoms with Crippen LogP contribution in [0.4, 0.5) is 15.3 Å². The van der Waals surface area contributed by atoms with Gasteiger partial charge in [0.2, 0.25) is 11.0 Å². The molecule has 146 valence electrons. The smallest absolute Gasteiger partial charge is 0.264 e. The molecule has 4 rings (SSSR count). The lowest BCUT2D eigenvalue weighted by Crippen LogP contribution is -1.95. The van der Waals surface area contributed by atoms with Gasteiger partial charge in [0.15, 0.2) is 6.61 Å². The monoisotopic (exact) mass is 410 g/mol. The molecule has 0 aliphatic carbocycles. The number of nitrogens with zero attached hydrogens (tertiary/aromatic N) is 4. The summed E-state index contributed by atoms with van der Waals surface area (Å²) in [7, 11) is 0. The van der Waals surface area contributed by atoms with Gasteiger partial charge in [-0.25, -0.2) is 9.37 Å². The molecule has 0 saturated heterocycles.